The van der Waals surface area contributed by atoms with E-state index in [9.17, 15) is 9.59 Å². The topological polar surface area (TPSA) is 63.6 Å². The van der Waals surface area contributed by atoms with E-state index in [-0.39, 0.29) is 47.0 Å². The first-order chi connectivity index (χ1) is 13.2. The Balaban J connectivity index is -0.00000113. The number of rotatable bonds is 20. The number of hydrogen-bond acceptors (Lipinski definition) is 3. The van der Waals surface area contributed by atoms with Crippen molar-refractivity contribution in [1.29, 1.82) is 0 Å². The zero-order valence-corrected chi connectivity index (χ0v) is 20.7. The molecule has 1 N–H and O–H groups in total. The van der Waals surface area contributed by atoms with Crippen LogP contribution in [-0.4, -0.2) is 55.0 Å². The van der Waals surface area contributed by atoms with E-state index in [1.807, 2.05) is 0 Å². The zero-order chi connectivity index (χ0) is 20.0. The molecule has 0 aliphatic rings. The molecule has 0 aromatic rings. The Labute approximate surface area is 206 Å². The number of carbonyl (C=O) groups is 2. The molecule has 0 rings (SSSR count). The maximum Gasteiger partial charge on any atom is 2.00 e. The molecular formula is C23H46CaO4. The van der Waals surface area contributed by atoms with Gasteiger partial charge in [0.25, 0.3) is 0 Å². The summed E-state index contributed by atoms with van der Waals surface area (Å²) < 4.78 is 4.06. The Morgan fingerprint density at radius 2 is 0.893 bits per heavy atom. The molecule has 0 aromatic heterocycles. The molecule has 0 saturated heterocycles. The molecule has 0 unspecified atom stereocenters. The van der Waals surface area contributed by atoms with Gasteiger partial charge in [0.15, 0.2) is 0 Å². The molecule has 0 atom stereocenters. The SMILES string of the molecule is CCCCCCCCCCCCCCCCCCCCCC(=O)OC(=O)O.[Ca+2].[H-].[H-]. The van der Waals surface area contributed by atoms with Gasteiger partial charge in [-0.05, 0) is 6.42 Å². The summed E-state index contributed by atoms with van der Waals surface area (Å²) in [6.07, 6.45) is 23.6. The molecule has 164 valence electrons. The van der Waals surface area contributed by atoms with Crippen LogP contribution < -0.4 is 0 Å². The number of esters is 1. The summed E-state index contributed by atoms with van der Waals surface area (Å²) in [5.74, 6) is -0.630. The number of unbranched alkanes of at least 4 members (excludes halogenated alkanes) is 18. The molecule has 0 bridgehead atoms. The van der Waals surface area contributed by atoms with E-state index in [1.165, 1.54) is 103 Å². The van der Waals surface area contributed by atoms with Crippen molar-refractivity contribution in [3.05, 3.63) is 0 Å². The van der Waals surface area contributed by atoms with Gasteiger partial charge in [-0.2, -0.15) is 0 Å². The van der Waals surface area contributed by atoms with Crippen molar-refractivity contribution < 1.29 is 22.3 Å². The Bertz CT molecular complexity index is 358. The summed E-state index contributed by atoms with van der Waals surface area (Å²) >= 11 is 0. The monoisotopic (exact) mass is 426 g/mol. The molecule has 0 aliphatic carbocycles. The minimum Gasteiger partial charge on any atom is -1.00 e. The molecule has 5 heteroatoms. The molecule has 4 nitrogen and oxygen atoms in total. The van der Waals surface area contributed by atoms with Gasteiger partial charge in [-0.1, -0.05) is 122 Å². The maximum absolute atomic E-state index is 11.0. The standard InChI is InChI=1S/C23H44O4.Ca.2H/c1-2-3-4-5-6-7-8-9-10-11-12-13-14-15-16-17-18-19-20-21-22(24)27-23(25)26;;;/h2-21H2,1H3,(H,25,26);;;/q;+2;2*-1. The average molecular weight is 427 g/mol. The summed E-state index contributed by atoms with van der Waals surface area (Å²) in [6, 6.07) is 0. The second-order valence-electron chi connectivity index (χ2n) is 7.85. The second-order valence-corrected chi connectivity index (χ2v) is 7.85. The molecule has 0 fully saturated rings. The largest absolute Gasteiger partial charge is 2.00 e. The number of ether oxygens (including phenoxy) is 1. The van der Waals surface area contributed by atoms with Crippen LogP contribution in [0.5, 0.6) is 0 Å². The first kappa shape index (κ1) is 30.4. The summed E-state index contributed by atoms with van der Waals surface area (Å²) in [7, 11) is 0. The van der Waals surface area contributed by atoms with Crippen molar-refractivity contribution in [2.45, 2.75) is 135 Å². The van der Waals surface area contributed by atoms with E-state index in [1.54, 1.807) is 0 Å². The fraction of sp³-hybridized carbons (Fsp3) is 0.913. The Morgan fingerprint density at radius 1 is 0.607 bits per heavy atom. The number of carbonyl (C=O) groups excluding carboxylic acids is 1. The minimum atomic E-state index is -1.50. The summed E-state index contributed by atoms with van der Waals surface area (Å²) in [4.78, 5) is 21.2. The molecule has 0 aliphatic heterocycles. The van der Waals surface area contributed by atoms with E-state index in [0.29, 0.717) is 0 Å². The van der Waals surface area contributed by atoms with E-state index >= 15 is 0 Å². The summed E-state index contributed by atoms with van der Waals surface area (Å²) in [5, 5.41) is 8.30. The van der Waals surface area contributed by atoms with E-state index < -0.39 is 12.1 Å². The van der Waals surface area contributed by atoms with Crippen molar-refractivity contribution in [2.24, 2.45) is 0 Å². The predicted molar refractivity (Wildman–Crippen MR) is 120 cm³/mol. The van der Waals surface area contributed by atoms with Gasteiger partial charge in [-0.15, -0.1) is 0 Å². The van der Waals surface area contributed by atoms with Gasteiger partial charge in [-0.3, -0.25) is 4.79 Å². The van der Waals surface area contributed by atoms with Gasteiger partial charge in [0.05, 0.1) is 0 Å². The normalized spacial score (nSPS) is 10.5. The third kappa shape index (κ3) is 26.2. The van der Waals surface area contributed by atoms with Crippen molar-refractivity contribution >= 4 is 49.9 Å². The molecule has 0 saturated carbocycles. The predicted octanol–water partition coefficient (Wildman–Crippen LogP) is 7.87. The summed E-state index contributed by atoms with van der Waals surface area (Å²) in [5.41, 5.74) is 0. The van der Waals surface area contributed by atoms with Gasteiger partial charge < -0.3 is 12.7 Å². The van der Waals surface area contributed by atoms with Gasteiger partial charge in [0.2, 0.25) is 0 Å². The number of carboxylic acid groups (broad SMARTS) is 1. The molecule has 0 heterocycles. The van der Waals surface area contributed by atoms with Crippen LogP contribution in [0.2, 0.25) is 0 Å². The Hall–Kier alpha value is 0.200. The van der Waals surface area contributed by atoms with Crippen LogP contribution in [-0.2, 0) is 9.53 Å². The third-order valence-corrected chi connectivity index (χ3v) is 5.19. The second kappa shape index (κ2) is 25.2. The van der Waals surface area contributed by atoms with E-state index in [0.717, 1.165) is 19.3 Å². The number of hydrogen-bond donors (Lipinski definition) is 1. The third-order valence-electron chi connectivity index (χ3n) is 5.19. The van der Waals surface area contributed by atoms with Gasteiger partial charge in [0.1, 0.15) is 0 Å². The minimum absolute atomic E-state index is 0. The molecule has 0 aromatic carbocycles. The molecule has 28 heavy (non-hydrogen) atoms. The van der Waals surface area contributed by atoms with Gasteiger partial charge >= 0.3 is 49.9 Å². The van der Waals surface area contributed by atoms with Crippen LogP contribution in [0.15, 0.2) is 0 Å². The van der Waals surface area contributed by atoms with Crippen molar-refractivity contribution in [3.8, 4) is 0 Å². The average Bonchev–Trinajstić information content (AvgIpc) is 2.63. The van der Waals surface area contributed by atoms with Crippen LogP contribution in [0, 0.1) is 0 Å². The molecule has 0 radical (unpaired) electrons. The van der Waals surface area contributed by atoms with E-state index in [4.69, 9.17) is 5.11 Å². The smallest absolute Gasteiger partial charge is 1.00 e. The maximum atomic E-state index is 11.0. The van der Waals surface area contributed by atoms with Crippen LogP contribution in [0.3, 0.4) is 0 Å². The summed E-state index contributed by atoms with van der Waals surface area (Å²) in [6.45, 7) is 2.27. The fourth-order valence-corrected chi connectivity index (χ4v) is 3.50. The van der Waals surface area contributed by atoms with E-state index in [2.05, 4.69) is 11.7 Å². The van der Waals surface area contributed by atoms with Crippen molar-refractivity contribution in [3.63, 3.8) is 0 Å². The van der Waals surface area contributed by atoms with Crippen LogP contribution in [0.1, 0.15) is 138 Å². The van der Waals surface area contributed by atoms with Crippen LogP contribution in [0.25, 0.3) is 0 Å². The Morgan fingerprint density at radius 3 is 1.18 bits per heavy atom. The Kier molecular flexibility index (Phi) is 27.4. The van der Waals surface area contributed by atoms with Crippen LogP contribution >= 0.6 is 0 Å². The first-order valence-corrected chi connectivity index (χ1v) is 11.6. The van der Waals surface area contributed by atoms with Crippen molar-refractivity contribution in [1.82, 2.24) is 0 Å². The quantitative estimate of drug-likeness (QED) is 0.0930. The van der Waals surface area contributed by atoms with Gasteiger partial charge in [0, 0.05) is 6.42 Å². The van der Waals surface area contributed by atoms with Crippen LogP contribution in [0.4, 0.5) is 4.79 Å². The van der Waals surface area contributed by atoms with Gasteiger partial charge in [-0.25, -0.2) is 4.79 Å². The molecular weight excluding hydrogens is 380 g/mol. The molecule has 0 spiro atoms. The van der Waals surface area contributed by atoms with Crippen molar-refractivity contribution in [2.75, 3.05) is 0 Å². The first-order valence-electron chi connectivity index (χ1n) is 11.6. The molecule has 0 amide bonds. The fourth-order valence-electron chi connectivity index (χ4n) is 3.50. The zero-order valence-electron chi connectivity index (χ0n) is 20.5.